The summed E-state index contributed by atoms with van der Waals surface area (Å²) < 4.78 is 1.98. The summed E-state index contributed by atoms with van der Waals surface area (Å²) in [6, 6.07) is 2.43. The molecule has 2 N–H and O–H groups in total. The number of rotatable bonds is 2. The third kappa shape index (κ3) is 2.62. The van der Waals surface area contributed by atoms with E-state index < -0.39 is 0 Å². The molecule has 2 aromatic rings. The van der Waals surface area contributed by atoms with E-state index in [-0.39, 0.29) is 5.56 Å². The largest absolute Gasteiger partial charge is 0.375 e. The standard InChI is InChI=1S/C16H21N3OS/c1-10-8-11(2)19(12-6-4-3-5-7-12)15(20)14(10)13-9-21-16(17)18-13/h8-9,12H,3-7H2,1-2H3,(H2,17,18). The Kier molecular flexibility index (Phi) is 3.85. The zero-order valence-electron chi connectivity index (χ0n) is 12.6. The van der Waals surface area contributed by atoms with Gasteiger partial charge in [-0.1, -0.05) is 19.3 Å². The van der Waals surface area contributed by atoms with Crippen molar-refractivity contribution >= 4 is 16.5 Å². The molecule has 0 unspecified atom stereocenters. The van der Waals surface area contributed by atoms with Crippen molar-refractivity contribution in [2.75, 3.05) is 5.73 Å². The third-order valence-corrected chi connectivity index (χ3v) is 5.02. The van der Waals surface area contributed by atoms with E-state index in [1.54, 1.807) is 0 Å². The Labute approximate surface area is 128 Å². The second kappa shape index (κ2) is 5.64. The molecule has 4 nitrogen and oxygen atoms in total. The van der Waals surface area contributed by atoms with Crippen LogP contribution in [-0.2, 0) is 0 Å². The Morgan fingerprint density at radius 1 is 1.29 bits per heavy atom. The summed E-state index contributed by atoms with van der Waals surface area (Å²) in [7, 11) is 0. The first-order valence-electron chi connectivity index (χ1n) is 7.52. The highest BCUT2D eigenvalue weighted by atomic mass is 32.1. The van der Waals surface area contributed by atoms with Crippen molar-refractivity contribution in [3.05, 3.63) is 33.1 Å². The van der Waals surface area contributed by atoms with Crippen molar-refractivity contribution in [3.63, 3.8) is 0 Å². The van der Waals surface area contributed by atoms with Crippen molar-refractivity contribution < 1.29 is 0 Å². The second-order valence-corrected chi connectivity index (χ2v) is 6.77. The molecule has 1 fully saturated rings. The molecule has 0 aromatic carbocycles. The van der Waals surface area contributed by atoms with Gasteiger partial charge in [0, 0.05) is 17.1 Å². The van der Waals surface area contributed by atoms with Crippen LogP contribution >= 0.6 is 11.3 Å². The van der Waals surface area contributed by atoms with Gasteiger partial charge < -0.3 is 10.3 Å². The van der Waals surface area contributed by atoms with Gasteiger partial charge in [-0.2, -0.15) is 0 Å². The lowest BCUT2D eigenvalue weighted by Crippen LogP contribution is -2.30. The van der Waals surface area contributed by atoms with Gasteiger partial charge in [-0.3, -0.25) is 4.79 Å². The van der Waals surface area contributed by atoms with Crippen LogP contribution in [0.15, 0.2) is 16.2 Å². The van der Waals surface area contributed by atoms with Crippen molar-refractivity contribution in [2.24, 2.45) is 0 Å². The number of nitrogens with two attached hydrogens (primary N) is 1. The van der Waals surface area contributed by atoms with Crippen molar-refractivity contribution in [1.82, 2.24) is 9.55 Å². The number of pyridine rings is 1. The number of aryl methyl sites for hydroxylation is 2. The average Bonchev–Trinajstić information content (AvgIpc) is 2.85. The van der Waals surface area contributed by atoms with Crippen LogP contribution in [0.3, 0.4) is 0 Å². The van der Waals surface area contributed by atoms with E-state index in [4.69, 9.17) is 5.73 Å². The second-order valence-electron chi connectivity index (χ2n) is 5.88. The molecular formula is C16H21N3OS. The quantitative estimate of drug-likeness (QED) is 0.920. The van der Waals surface area contributed by atoms with Gasteiger partial charge in [0.1, 0.15) is 0 Å². The Hall–Kier alpha value is -1.62. The Morgan fingerprint density at radius 2 is 2.00 bits per heavy atom. The Morgan fingerprint density at radius 3 is 2.62 bits per heavy atom. The molecule has 0 bridgehead atoms. The molecule has 0 atom stereocenters. The fourth-order valence-corrected chi connectivity index (χ4v) is 3.97. The van der Waals surface area contributed by atoms with E-state index in [2.05, 4.69) is 11.1 Å². The van der Waals surface area contributed by atoms with Gasteiger partial charge in [-0.25, -0.2) is 4.98 Å². The molecule has 1 saturated carbocycles. The summed E-state index contributed by atoms with van der Waals surface area (Å²) in [5.74, 6) is 0. The molecular weight excluding hydrogens is 282 g/mol. The fraction of sp³-hybridized carbons (Fsp3) is 0.500. The fourth-order valence-electron chi connectivity index (χ4n) is 3.41. The molecule has 1 aliphatic carbocycles. The van der Waals surface area contributed by atoms with E-state index >= 15 is 0 Å². The lowest BCUT2D eigenvalue weighted by atomic mass is 9.94. The van der Waals surface area contributed by atoms with Gasteiger partial charge in [-0.15, -0.1) is 11.3 Å². The summed E-state index contributed by atoms with van der Waals surface area (Å²) >= 11 is 1.38. The molecule has 2 aromatic heterocycles. The smallest absolute Gasteiger partial charge is 0.260 e. The highest BCUT2D eigenvalue weighted by Gasteiger charge is 2.21. The molecule has 0 spiro atoms. The zero-order valence-corrected chi connectivity index (χ0v) is 13.4. The van der Waals surface area contributed by atoms with Crippen molar-refractivity contribution in [2.45, 2.75) is 52.0 Å². The number of hydrogen-bond acceptors (Lipinski definition) is 4. The lowest BCUT2D eigenvalue weighted by Gasteiger charge is -2.26. The van der Waals surface area contributed by atoms with Gasteiger partial charge >= 0.3 is 0 Å². The number of anilines is 1. The molecule has 0 radical (unpaired) electrons. The highest BCUT2D eigenvalue weighted by Crippen LogP contribution is 2.30. The summed E-state index contributed by atoms with van der Waals surface area (Å²) in [5, 5.41) is 2.38. The maximum absolute atomic E-state index is 13.0. The first kappa shape index (κ1) is 14.3. The topological polar surface area (TPSA) is 60.9 Å². The SMILES string of the molecule is Cc1cc(C)n(C2CCCCC2)c(=O)c1-c1csc(N)n1. The zero-order chi connectivity index (χ0) is 15.0. The lowest BCUT2D eigenvalue weighted by molar-refractivity contribution is 0.342. The van der Waals surface area contributed by atoms with Crippen LogP contribution in [0.5, 0.6) is 0 Å². The van der Waals surface area contributed by atoms with E-state index in [0.717, 1.165) is 24.1 Å². The van der Waals surface area contributed by atoms with Gasteiger partial charge in [0.25, 0.3) is 5.56 Å². The third-order valence-electron chi connectivity index (χ3n) is 4.35. The first-order valence-corrected chi connectivity index (χ1v) is 8.40. The predicted octanol–water partition coefficient (Wildman–Crippen LogP) is 3.68. The number of aromatic nitrogens is 2. The summed E-state index contributed by atoms with van der Waals surface area (Å²) in [6.45, 7) is 4.01. The number of thiazole rings is 1. The molecule has 0 saturated heterocycles. The van der Waals surface area contributed by atoms with Crippen LogP contribution in [0.2, 0.25) is 0 Å². The maximum atomic E-state index is 13.0. The minimum atomic E-state index is 0.0877. The predicted molar refractivity (Wildman–Crippen MR) is 87.8 cm³/mol. The van der Waals surface area contributed by atoms with Gasteiger partial charge in [0.05, 0.1) is 11.3 Å². The van der Waals surface area contributed by atoms with Crippen LogP contribution in [0.4, 0.5) is 5.13 Å². The highest BCUT2D eigenvalue weighted by molar-refractivity contribution is 7.13. The molecule has 3 rings (SSSR count). The van der Waals surface area contributed by atoms with Gasteiger partial charge in [-0.05, 0) is 38.3 Å². The number of hydrogen-bond donors (Lipinski definition) is 1. The number of nitrogens with zero attached hydrogens (tertiary/aromatic N) is 2. The van der Waals surface area contributed by atoms with Crippen LogP contribution in [0, 0.1) is 13.8 Å². The van der Waals surface area contributed by atoms with Crippen molar-refractivity contribution in [3.8, 4) is 11.3 Å². The Bertz CT molecular complexity index is 711. The minimum Gasteiger partial charge on any atom is -0.375 e. The van der Waals surface area contributed by atoms with Gasteiger partial charge in [0.15, 0.2) is 5.13 Å². The van der Waals surface area contributed by atoms with E-state index in [0.29, 0.717) is 22.4 Å². The van der Waals surface area contributed by atoms with E-state index in [1.165, 1.54) is 30.6 Å². The minimum absolute atomic E-state index is 0.0877. The van der Waals surface area contributed by atoms with Crippen LogP contribution in [0.1, 0.15) is 49.4 Å². The molecule has 112 valence electrons. The van der Waals surface area contributed by atoms with E-state index in [1.807, 2.05) is 23.8 Å². The van der Waals surface area contributed by atoms with Crippen LogP contribution in [0.25, 0.3) is 11.3 Å². The molecule has 0 amide bonds. The molecule has 2 heterocycles. The normalized spacial score (nSPS) is 16.3. The summed E-state index contributed by atoms with van der Waals surface area (Å²) in [5.41, 5.74) is 9.27. The molecule has 5 heteroatoms. The van der Waals surface area contributed by atoms with Crippen LogP contribution in [-0.4, -0.2) is 9.55 Å². The summed E-state index contributed by atoms with van der Waals surface area (Å²) in [6.07, 6.45) is 5.91. The molecule has 21 heavy (non-hydrogen) atoms. The Balaban J connectivity index is 2.15. The molecule has 0 aliphatic heterocycles. The average molecular weight is 303 g/mol. The van der Waals surface area contributed by atoms with Gasteiger partial charge in [0.2, 0.25) is 0 Å². The van der Waals surface area contributed by atoms with Crippen LogP contribution < -0.4 is 11.3 Å². The molecule has 1 aliphatic rings. The number of nitrogen functional groups attached to an aromatic ring is 1. The van der Waals surface area contributed by atoms with Crippen molar-refractivity contribution in [1.29, 1.82) is 0 Å². The summed E-state index contributed by atoms with van der Waals surface area (Å²) in [4.78, 5) is 17.3. The monoisotopic (exact) mass is 303 g/mol. The van der Waals surface area contributed by atoms with E-state index in [9.17, 15) is 4.79 Å². The maximum Gasteiger partial charge on any atom is 0.260 e. The first-order chi connectivity index (χ1) is 10.1.